The van der Waals surface area contributed by atoms with Crippen LogP contribution in [0.5, 0.6) is 5.75 Å². The summed E-state index contributed by atoms with van der Waals surface area (Å²) in [5.41, 5.74) is 2.77. The molecule has 0 radical (unpaired) electrons. The van der Waals surface area contributed by atoms with Crippen LogP contribution in [0, 0.1) is 0 Å². The van der Waals surface area contributed by atoms with Gasteiger partial charge in [-0.1, -0.05) is 6.92 Å². The standard InChI is InChI=1S/C15H16N2O3S/c1-2-13(18)10-3-5-11(6-4-10)20-9-12-7-8-14(21-12)15(19)17-16/h3-8H,2,9,16H2,1H3,(H,17,19). The predicted molar refractivity (Wildman–Crippen MR) is 81.4 cm³/mol. The number of hydrazine groups is 1. The van der Waals surface area contributed by atoms with E-state index >= 15 is 0 Å². The Kier molecular flexibility index (Phi) is 5.08. The van der Waals surface area contributed by atoms with E-state index in [0.29, 0.717) is 29.2 Å². The zero-order chi connectivity index (χ0) is 15.2. The Morgan fingerprint density at radius 2 is 1.90 bits per heavy atom. The Labute approximate surface area is 126 Å². The molecule has 110 valence electrons. The summed E-state index contributed by atoms with van der Waals surface area (Å²) < 4.78 is 5.62. The molecule has 0 aliphatic carbocycles. The molecule has 0 saturated heterocycles. The molecule has 2 aromatic rings. The van der Waals surface area contributed by atoms with Crippen LogP contribution < -0.4 is 16.0 Å². The SMILES string of the molecule is CCC(=O)c1ccc(OCc2ccc(C(=O)NN)s2)cc1. The van der Waals surface area contributed by atoms with Gasteiger partial charge in [0, 0.05) is 16.9 Å². The number of hydrogen-bond acceptors (Lipinski definition) is 5. The average molecular weight is 304 g/mol. The number of carbonyl (C=O) groups excluding carboxylic acids is 2. The molecule has 6 heteroatoms. The third-order valence-corrected chi connectivity index (χ3v) is 3.95. The molecule has 21 heavy (non-hydrogen) atoms. The molecule has 1 aromatic heterocycles. The second-order valence-corrected chi connectivity index (χ2v) is 5.50. The Morgan fingerprint density at radius 1 is 1.19 bits per heavy atom. The van der Waals surface area contributed by atoms with Crippen molar-refractivity contribution in [2.75, 3.05) is 0 Å². The smallest absolute Gasteiger partial charge is 0.275 e. The summed E-state index contributed by atoms with van der Waals surface area (Å²) in [6, 6.07) is 10.6. The van der Waals surface area contributed by atoms with Gasteiger partial charge < -0.3 is 4.74 Å². The molecule has 0 bridgehead atoms. The molecular formula is C15H16N2O3S. The molecule has 0 atom stereocenters. The minimum absolute atomic E-state index is 0.109. The lowest BCUT2D eigenvalue weighted by atomic mass is 10.1. The number of hydrogen-bond donors (Lipinski definition) is 2. The summed E-state index contributed by atoms with van der Waals surface area (Å²) in [6.07, 6.45) is 0.487. The van der Waals surface area contributed by atoms with Crippen molar-refractivity contribution in [1.82, 2.24) is 5.43 Å². The number of carbonyl (C=O) groups is 2. The maximum Gasteiger partial charge on any atom is 0.275 e. The fraction of sp³-hybridized carbons (Fsp3) is 0.200. The van der Waals surface area contributed by atoms with Gasteiger partial charge in [0.1, 0.15) is 12.4 Å². The molecule has 0 fully saturated rings. The Bertz CT molecular complexity index is 635. The van der Waals surface area contributed by atoms with E-state index in [2.05, 4.69) is 5.43 Å². The van der Waals surface area contributed by atoms with Gasteiger partial charge in [-0.05, 0) is 36.4 Å². The predicted octanol–water partition coefficient (Wildman–Crippen LogP) is 2.52. The van der Waals surface area contributed by atoms with Gasteiger partial charge in [0.15, 0.2) is 5.78 Å². The highest BCUT2D eigenvalue weighted by molar-refractivity contribution is 7.14. The van der Waals surface area contributed by atoms with Crippen molar-refractivity contribution in [2.24, 2.45) is 5.84 Å². The molecule has 0 spiro atoms. The van der Waals surface area contributed by atoms with Gasteiger partial charge in [-0.2, -0.15) is 0 Å². The summed E-state index contributed by atoms with van der Waals surface area (Å²) in [4.78, 5) is 24.3. The molecule has 5 nitrogen and oxygen atoms in total. The van der Waals surface area contributed by atoms with Crippen LogP contribution in [0.3, 0.4) is 0 Å². The first kappa shape index (κ1) is 15.2. The van der Waals surface area contributed by atoms with E-state index in [4.69, 9.17) is 10.6 Å². The van der Waals surface area contributed by atoms with Crippen LogP contribution in [0.25, 0.3) is 0 Å². The maximum absolute atomic E-state index is 11.5. The molecule has 3 N–H and O–H groups in total. The lowest BCUT2D eigenvalue weighted by Gasteiger charge is -2.05. The van der Waals surface area contributed by atoms with Gasteiger partial charge in [0.25, 0.3) is 5.91 Å². The van der Waals surface area contributed by atoms with Crippen LogP contribution in [0.1, 0.15) is 38.3 Å². The average Bonchev–Trinajstić information content (AvgIpc) is 3.01. The molecular weight excluding hydrogens is 288 g/mol. The van der Waals surface area contributed by atoms with Crippen LogP contribution in [0.2, 0.25) is 0 Å². The normalized spacial score (nSPS) is 10.2. The first-order valence-corrected chi connectivity index (χ1v) is 7.31. The Morgan fingerprint density at radius 3 is 2.52 bits per heavy atom. The lowest BCUT2D eigenvalue weighted by molar-refractivity contribution is 0.0955. The number of benzene rings is 1. The number of ether oxygens (including phenoxy) is 1. The highest BCUT2D eigenvalue weighted by Crippen LogP contribution is 2.20. The van der Waals surface area contributed by atoms with Gasteiger partial charge >= 0.3 is 0 Å². The third kappa shape index (κ3) is 3.90. The first-order chi connectivity index (χ1) is 10.1. The summed E-state index contributed by atoms with van der Waals surface area (Å²) in [7, 11) is 0. The molecule has 0 aliphatic heterocycles. The number of Topliss-reactive ketones (excluding diaryl/α,β-unsaturated/α-hetero) is 1. The van der Waals surface area contributed by atoms with E-state index in [-0.39, 0.29) is 11.7 Å². The fourth-order valence-corrected chi connectivity index (χ4v) is 2.57. The van der Waals surface area contributed by atoms with Gasteiger partial charge in [0.2, 0.25) is 0 Å². The fourth-order valence-electron chi connectivity index (χ4n) is 1.74. The van der Waals surface area contributed by atoms with E-state index < -0.39 is 0 Å². The van der Waals surface area contributed by atoms with E-state index in [1.54, 1.807) is 30.3 Å². The number of ketones is 1. The minimum Gasteiger partial charge on any atom is -0.488 e. The molecule has 1 amide bonds. The van der Waals surface area contributed by atoms with Gasteiger partial charge in [-0.15, -0.1) is 11.3 Å². The number of nitrogen functional groups attached to an aromatic ring is 1. The molecule has 0 aliphatic rings. The van der Waals surface area contributed by atoms with Crippen LogP contribution in [-0.2, 0) is 6.61 Å². The van der Waals surface area contributed by atoms with E-state index in [1.165, 1.54) is 11.3 Å². The minimum atomic E-state index is -0.311. The third-order valence-electron chi connectivity index (χ3n) is 2.90. The molecule has 0 saturated carbocycles. The number of thiophene rings is 1. The topological polar surface area (TPSA) is 81.4 Å². The summed E-state index contributed by atoms with van der Waals surface area (Å²) in [6.45, 7) is 2.20. The highest BCUT2D eigenvalue weighted by atomic mass is 32.1. The van der Waals surface area contributed by atoms with E-state index in [1.807, 2.05) is 13.0 Å². The van der Waals surface area contributed by atoms with Crippen LogP contribution in [0.15, 0.2) is 36.4 Å². The number of amides is 1. The molecule has 1 heterocycles. The van der Waals surface area contributed by atoms with Crippen LogP contribution in [0.4, 0.5) is 0 Å². The van der Waals surface area contributed by atoms with Crippen molar-refractivity contribution in [2.45, 2.75) is 20.0 Å². The zero-order valence-corrected chi connectivity index (χ0v) is 12.4. The van der Waals surface area contributed by atoms with Crippen molar-refractivity contribution in [3.05, 3.63) is 51.7 Å². The monoisotopic (exact) mass is 304 g/mol. The number of nitrogens with two attached hydrogens (primary N) is 1. The van der Waals surface area contributed by atoms with E-state index in [9.17, 15) is 9.59 Å². The molecule has 2 rings (SSSR count). The molecule has 0 unspecified atom stereocenters. The van der Waals surface area contributed by atoms with Gasteiger partial charge in [-0.3, -0.25) is 15.0 Å². The lowest BCUT2D eigenvalue weighted by Crippen LogP contribution is -2.29. The van der Waals surface area contributed by atoms with Crippen molar-refractivity contribution >= 4 is 23.0 Å². The molecule has 1 aromatic carbocycles. The Hall–Kier alpha value is -2.18. The quantitative estimate of drug-likeness (QED) is 0.372. The maximum atomic E-state index is 11.5. The second-order valence-electron chi connectivity index (χ2n) is 4.33. The van der Waals surface area contributed by atoms with Gasteiger partial charge in [0.05, 0.1) is 4.88 Å². The van der Waals surface area contributed by atoms with Crippen molar-refractivity contribution in [1.29, 1.82) is 0 Å². The summed E-state index contributed by atoms with van der Waals surface area (Å²) in [5, 5.41) is 0. The largest absolute Gasteiger partial charge is 0.488 e. The van der Waals surface area contributed by atoms with Crippen LogP contribution >= 0.6 is 11.3 Å². The summed E-state index contributed by atoms with van der Waals surface area (Å²) >= 11 is 1.33. The first-order valence-electron chi connectivity index (χ1n) is 6.49. The van der Waals surface area contributed by atoms with E-state index in [0.717, 1.165) is 4.88 Å². The van der Waals surface area contributed by atoms with Crippen LogP contribution in [-0.4, -0.2) is 11.7 Å². The zero-order valence-electron chi connectivity index (χ0n) is 11.6. The number of nitrogens with one attached hydrogen (secondary N) is 1. The highest BCUT2D eigenvalue weighted by Gasteiger charge is 2.08. The van der Waals surface area contributed by atoms with Crippen molar-refractivity contribution in [3.63, 3.8) is 0 Å². The summed E-state index contributed by atoms with van der Waals surface area (Å²) in [5.74, 6) is 5.56. The van der Waals surface area contributed by atoms with Crippen molar-refractivity contribution in [3.8, 4) is 5.75 Å². The Balaban J connectivity index is 1.95. The second kappa shape index (κ2) is 7.01. The van der Waals surface area contributed by atoms with Crippen molar-refractivity contribution < 1.29 is 14.3 Å². The number of rotatable bonds is 6. The van der Waals surface area contributed by atoms with Gasteiger partial charge in [-0.25, -0.2) is 5.84 Å².